The Morgan fingerprint density at radius 3 is 2.80 bits per heavy atom. The van der Waals surface area contributed by atoms with Crippen molar-refractivity contribution in [2.45, 2.75) is 52.0 Å². The van der Waals surface area contributed by atoms with Crippen molar-refractivity contribution in [1.29, 1.82) is 0 Å². The van der Waals surface area contributed by atoms with E-state index in [0.29, 0.717) is 0 Å². The molecule has 0 aliphatic carbocycles. The topological polar surface area (TPSA) is 38.1 Å². The molecule has 1 saturated heterocycles. The van der Waals surface area contributed by atoms with Crippen LogP contribution in [0, 0.1) is 5.92 Å². The summed E-state index contributed by atoms with van der Waals surface area (Å²) in [6, 6.07) is 6.63. The van der Waals surface area contributed by atoms with Gasteiger partial charge in [0.15, 0.2) is 5.58 Å². The van der Waals surface area contributed by atoms with Crippen molar-refractivity contribution in [1.82, 2.24) is 10.3 Å². The van der Waals surface area contributed by atoms with Gasteiger partial charge >= 0.3 is 0 Å². The Bertz CT molecular complexity index is 609. The predicted molar refractivity (Wildman–Crippen MR) is 81.9 cm³/mol. The number of rotatable bonds is 1. The summed E-state index contributed by atoms with van der Waals surface area (Å²) in [4.78, 5) is 4.72. The molecule has 1 N–H and O–H groups in total. The standard InChI is InChI=1S/C17H24N2O/c1-11-7-8-18-14(9-11)16-19-13-10-12(17(2,3)4)5-6-15(13)20-16/h5-6,10-11,14,18H,7-9H2,1-4H3. The van der Waals surface area contributed by atoms with Crippen LogP contribution in [0.2, 0.25) is 0 Å². The molecule has 3 nitrogen and oxygen atoms in total. The van der Waals surface area contributed by atoms with E-state index in [1.165, 1.54) is 12.0 Å². The molecule has 2 unspecified atom stereocenters. The molecule has 0 radical (unpaired) electrons. The zero-order valence-electron chi connectivity index (χ0n) is 12.9. The minimum Gasteiger partial charge on any atom is -0.439 e. The number of benzene rings is 1. The van der Waals surface area contributed by atoms with Crippen LogP contribution in [0.25, 0.3) is 11.1 Å². The van der Waals surface area contributed by atoms with Gasteiger partial charge in [0, 0.05) is 0 Å². The summed E-state index contributed by atoms with van der Waals surface area (Å²) in [5.74, 6) is 1.58. The molecule has 2 atom stereocenters. The lowest BCUT2D eigenvalue weighted by Gasteiger charge is -2.25. The Kier molecular flexibility index (Phi) is 3.33. The van der Waals surface area contributed by atoms with E-state index >= 15 is 0 Å². The number of hydrogen-bond acceptors (Lipinski definition) is 3. The molecule has 20 heavy (non-hydrogen) atoms. The minimum absolute atomic E-state index is 0.144. The van der Waals surface area contributed by atoms with E-state index in [1.54, 1.807) is 0 Å². The number of nitrogens with zero attached hydrogens (tertiary/aromatic N) is 1. The van der Waals surface area contributed by atoms with Crippen molar-refractivity contribution in [2.24, 2.45) is 5.92 Å². The second-order valence-corrected chi connectivity index (χ2v) is 7.12. The van der Waals surface area contributed by atoms with Gasteiger partial charge in [0.2, 0.25) is 5.89 Å². The second-order valence-electron chi connectivity index (χ2n) is 7.12. The number of nitrogens with one attached hydrogen (secondary N) is 1. The molecule has 2 aromatic rings. The highest BCUT2D eigenvalue weighted by Crippen LogP contribution is 2.31. The molecule has 1 aromatic heterocycles. The van der Waals surface area contributed by atoms with Gasteiger partial charge in [-0.25, -0.2) is 4.98 Å². The average Bonchev–Trinajstić information content (AvgIpc) is 2.80. The van der Waals surface area contributed by atoms with E-state index in [-0.39, 0.29) is 11.5 Å². The summed E-state index contributed by atoms with van der Waals surface area (Å²) in [5.41, 5.74) is 3.32. The van der Waals surface area contributed by atoms with Crippen LogP contribution in [0.15, 0.2) is 22.6 Å². The Hall–Kier alpha value is -1.35. The minimum atomic E-state index is 0.144. The molecule has 3 rings (SSSR count). The number of piperidine rings is 1. The van der Waals surface area contributed by atoms with Gasteiger partial charge < -0.3 is 9.73 Å². The predicted octanol–water partition coefficient (Wildman–Crippen LogP) is 4.19. The molecule has 3 heteroatoms. The van der Waals surface area contributed by atoms with Crippen molar-refractivity contribution < 1.29 is 4.42 Å². The van der Waals surface area contributed by atoms with Crippen LogP contribution in [0.3, 0.4) is 0 Å². The van der Waals surface area contributed by atoms with Crippen LogP contribution in [0.4, 0.5) is 0 Å². The highest BCUT2D eigenvalue weighted by Gasteiger charge is 2.24. The fourth-order valence-electron chi connectivity index (χ4n) is 2.86. The van der Waals surface area contributed by atoms with E-state index in [1.807, 2.05) is 0 Å². The molecule has 108 valence electrons. The Balaban J connectivity index is 1.94. The van der Waals surface area contributed by atoms with Crippen LogP contribution >= 0.6 is 0 Å². The molecule has 1 aromatic carbocycles. The number of fused-ring (bicyclic) bond motifs is 1. The van der Waals surface area contributed by atoms with E-state index in [4.69, 9.17) is 9.40 Å². The number of hydrogen-bond donors (Lipinski definition) is 1. The van der Waals surface area contributed by atoms with Crippen LogP contribution in [-0.2, 0) is 5.41 Å². The molecule has 1 fully saturated rings. The van der Waals surface area contributed by atoms with Gasteiger partial charge in [-0.3, -0.25) is 0 Å². The van der Waals surface area contributed by atoms with Crippen LogP contribution in [-0.4, -0.2) is 11.5 Å². The monoisotopic (exact) mass is 272 g/mol. The summed E-state index contributed by atoms with van der Waals surface area (Å²) >= 11 is 0. The van der Waals surface area contributed by atoms with Gasteiger partial charge in [-0.1, -0.05) is 33.8 Å². The van der Waals surface area contributed by atoms with E-state index < -0.39 is 0 Å². The molecule has 1 aliphatic heterocycles. The highest BCUT2D eigenvalue weighted by atomic mass is 16.3. The van der Waals surface area contributed by atoms with Gasteiger partial charge in [-0.05, 0) is 48.4 Å². The first-order chi connectivity index (χ1) is 9.43. The third-order valence-corrected chi connectivity index (χ3v) is 4.23. The molecular formula is C17H24N2O. The SMILES string of the molecule is CC1CCNC(c2nc3cc(C(C)(C)C)ccc3o2)C1. The van der Waals surface area contributed by atoms with Crippen molar-refractivity contribution in [3.05, 3.63) is 29.7 Å². The first kappa shape index (κ1) is 13.6. The number of oxazole rings is 1. The molecule has 0 saturated carbocycles. The maximum atomic E-state index is 5.95. The van der Waals surface area contributed by atoms with Crippen molar-refractivity contribution in [3.63, 3.8) is 0 Å². The largest absolute Gasteiger partial charge is 0.439 e. The van der Waals surface area contributed by atoms with Gasteiger partial charge in [0.1, 0.15) is 5.52 Å². The molecule has 0 amide bonds. The summed E-state index contributed by atoms with van der Waals surface area (Å²) in [6.07, 6.45) is 2.35. The Morgan fingerprint density at radius 2 is 2.10 bits per heavy atom. The zero-order valence-corrected chi connectivity index (χ0v) is 12.9. The van der Waals surface area contributed by atoms with Gasteiger partial charge in [-0.2, -0.15) is 0 Å². The van der Waals surface area contributed by atoms with Crippen LogP contribution in [0.1, 0.15) is 58.0 Å². The van der Waals surface area contributed by atoms with E-state index in [9.17, 15) is 0 Å². The van der Waals surface area contributed by atoms with Crippen molar-refractivity contribution in [3.8, 4) is 0 Å². The lowest BCUT2D eigenvalue weighted by molar-refractivity contribution is 0.287. The Labute approximate surface area is 120 Å². The van der Waals surface area contributed by atoms with Gasteiger partial charge in [-0.15, -0.1) is 0 Å². The van der Waals surface area contributed by atoms with E-state index in [0.717, 1.165) is 35.9 Å². The highest BCUT2D eigenvalue weighted by molar-refractivity contribution is 5.73. The summed E-state index contributed by atoms with van der Waals surface area (Å²) in [7, 11) is 0. The number of aromatic nitrogens is 1. The normalized spacial score (nSPS) is 24.2. The maximum absolute atomic E-state index is 5.95. The average molecular weight is 272 g/mol. The maximum Gasteiger partial charge on any atom is 0.212 e. The third-order valence-electron chi connectivity index (χ3n) is 4.23. The van der Waals surface area contributed by atoms with Crippen LogP contribution in [0.5, 0.6) is 0 Å². The second kappa shape index (κ2) is 4.88. The fourth-order valence-corrected chi connectivity index (χ4v) is 2.86. The lowest BCUT2D eigenvalue weighted by atomic mass is 9.87. The first-order valence-electron chi connectivity index (χ1n) is 7.58. The zero-order chi connectivity index (χ0) is 14.3. The summed E-state index contributed by atoms with van der Waals surface area (Å²) < 4.78 is 5.95. The Morgan fingerprint density at radius 1 is 1.30 bits per heavy atom. The van der Waals surface area contributed by atoms with Gasteiger partial charge in [0.25, 0.3) is 0 Å². The first-order valence-corrected chi connectivity index (χ1v) is 7.58. The molecule has 1 aliphatic rings. The molecule has 0 bridgehead atoms. The summed E-state index contributed by atoms with van der Waals surface area (Å²) in [5, 5.41) is 3.52. The lowest BCUT2D eigenvalue weighted by Crippen LogP contribution is -2.30. The van der Waals surface area contributed by atoms with Crippen LogP contribution < -0.4 is 5.32 Å². The fraction of sp³-hybridized carbons (Fsp3) is 0.588. The smallest absolute Gasteiger partial charge is 0.212 e. The summed E-state index contributed by atoms with van der Waals surface area (Å²) in [6.45, 7) is 10.0. The third kappa shape index (κ3) is 2.59. The quantitative estimate of drug-likeness (QED) is 0.846. The molecular weight excluding hydrogens is 248 g/mol. The molecule has 2 heterocycles. The molecule has 0 spiro atoms. The van der Waals surface area contributed by atoms with Gasteiger partial charge in [0.05, 0.1) is 6.04 Å². The van der Waals surface area contributed by atoms with Crippen molar-refractivity contribution >= 4 is 11.1 Å². The van der Waals surface area contributed by atoms with E-state index in [2.05, 4.69) is 51.2 Å². The van der Waals surface area contributed by atoms with Crippen molar-refractivity contribution in [2.75, 3.05) is 6.54 Å².